The molecule has 1 rings (SSSR count). The minimum Gasteiger partial charge on any atom is -0.480 e. The average molecular weight is 211 g/mol. The maximum atomic E-state index is 10.6. The van der Waals surface area contributed by atoms with Crippen LogP contribution in [0.5, 0.6) is 0 Å². The number of allylic oxidation sites excluding steroid dienone is 2. The van der Waals surface area contributed by atoms with E-state index >= 15 is 0 Å². The Kier molecular flexibility index (Phi) is 4.33. The molecule has 86 valence electrons. The van der Waals surface area contributed by atoms with Crippen LogP contribution in [0.2, 0.25) is 0 Å². The Morgan fingerprint density at radius 2 is 2.40 bits per heavy atom. The minimum absolute atomic E-state index is 0.438. The van der Waals surface area contributed by atoms with E-state index < -0.39 is 12.0 Å². The monoisotopic (exact) mass is 211 g/mol. The van der Waals surface area contributed by atoms with Crippen LogP contribution in [0.4, 0.5) is 0 Å². The highest BCUT2D eigenvalue weighted by atomic mass is 16.4. The Bertz CT molecular complexity index is 260. The van der Waals surface area contributed by atoms with Gasteiger partial charge in [0.25, 0.3) is 0 Å². The summed E-state index contributed by atoms with van der Waals surface area (Å²) in [6, 6.07) is -0.438. The Hall–Kier alpha value is -0.830. The van der Waals surface area contributed by atoms with Gasteiger partial charge >= 0.3 is 5.97 Å². The molecule has 3 atom stereocenters. The fourth-order valence-corrected chi connectivity index (χ4v) is 2.27. The average Bonchev–Trinajstić information content (AvgIpc) is 2.12. The van der Waals surface area contributed by atoms with Crippen molar-refractivity contribution in [2.24, 2.45) is 11.8 Å². The third-order valence-corrected chi connectivity index (χ3v) is 2.97. The van der Waals surface area contributed by atoms with E-state index in [0.29, 0.717) is 11.8 Å². The lowest BCUT2D eigenvalue weighted by Crippen LogP contribution is -2.37. The fraction of sp³-hybridized carbons (Fsp3) is 0.750. The Morgan fingerprint density at radius 3 is 2.93 bits per heavy atom. The second-order valence-electron chi connectivity index (χ2n) is 4.76. The highest BCUT2D eigenvalue weighted by molar-refractivity contribution is 5.72. The van der Waals surface area contributed by atoms with Crippen LogP contribution in [0.3, 0.4) is 0 Å². The van der Waals surface area contributed by atoms with Gasteiger partial charge in [-0.25, -0.2) is 0 Å². The second-order valence-corrected chi connectivity index (χ2v) is 4.76. The SMILES string of the molecule is CC1=CC(C)CC(CNC(C)C(=O)O)C1. The first-order valence-corrected chi connectivity index (χ1v) is 5.62. The van der Waals surface area contributed by atoms with Gasteiger partial charge < -0.3 is 10.4 Å². The summed E-state index contributed by atoms with van der Waals surface area (Å²) in [4.78, 5) is 10.6. The number of carboxylic acids is 1. The van der Waals surface area contributed by atoms with E-state index in [2.05, 4.69) is 25.2 Å². The third-order valence-electron chi connectivity index (χ3n) is 2.97. The summed E-state index contributed by atoms with van der Waals surface area (Å²) in [6.07, 6.45) is 4.58. The van der Waals surface area contributed by atoms with Crippen molar-refractivity contribution >= 4 is 5.97 Å². The zero-order valence-electron chi connectivity index (χ0n) is 9.79. The normalized spacial score (nSPS) is 28.3. The summed E-state index contributed by atoms with van der Waals surface area (Å²) >= 11 is 0. The number of carboxylic acid groups (broad SMARTS) is 1. The maximum absolute atomic E-state index is 10.6. The molecule has 0 fully saturated rings. The van der Waals surface area contributed by atoms with Gasteiger partial charge in [-0.3, -0.25) is 4.79 Å². The molecule has 0 heterocycles. The zero-order valence-corrected chi connectivity index (χ0v) is 9.79. The fourth-order valence-electron chi connectivity index (χ4n) is 2.27. The lowest BCUT2D eigenvalue weighted by molar-refractivity contribution is -0.139. The molecule has 1 aliphatic rings. The van der Waals surface area contributed by atoms with Crippen molar-refractivity contribution in [1.82, 2.24) is 5.32 Å². The molecule has 0 bridgehead atoms. The first kappa shape index (κ1) is 12.2. The molecule has 0 saturated carbocycles. The first-order valence-electron chi connectivity index (χ1n) is 5.62. The lowest BCUT2D eigenvalue weighted by atomic mass is 9.83. The van der Waals surface area contributed by atoms with Crippen LogP contribution in [0.15, 0.2) is 11.6 Å². The Labute approximate surface area is 91.6 Å². The number of hydrogen-bond donors (Lipinski definition) is 2. The predicted molar refractivity (Wildman–Crippen MR) is 60.7 cm³/mol. The highest BCUT2D eigenvalue weighted by Gasteiger charge is 2.19. The number of hydrogen-bond acceptors (Lipinski definition) is 2. The van der Waals surface area contributed by atoms with Crippen LogP contribution in [0, 0.1) is 11.8 Å². The summed E-state index contributed by atoms with van der Waals surface area (Å²) in [6.45, 7) is 6.87. The molecule has 15 heavy (non-hydrogen) atoms. The number of carbonyl (C=O) groups is 1. The van der Waals surface area contributed by atoms with Crippen LogP contribution >= 0.6 is 0 Å². The lowest BCUT2D eigenvalue weighted by Gasteiger charge is -2.26. The van der Waals surface area contributed by atoms with Gasteiger partial charge in [-0.15, -0.1) is 0 Å². The largest absolute Gasteiger partial charge is 0.480 e. The van der Waals surface area contributed by atoms with Crippen LogP contribution in [0.1, 0.15) is 33.6 Å². The van der Waals surface area contributed by atoms with Crippen molar-refractivity contribution in [2.75, 3.05) is 6.54 Å². The van der Waals surface area contributed by atoms with Crippen LogP contribution in [-0.2, 0) is 4.79 Å². The molecular weight excluding hydrogens is 190 g/mol. The molecule has 3 nitrogen and oxygen atoms in total. The van der Waals surface area contributed by atoms with Crippen LogP contribution < -0.4 is 5.32 Å². The quantitative estimate of drug-likeness (QED) is 0.700. The minimum atomic E-state index is -0.772. The van der Waals surface area contributed by atoms with Crippen LogP contribution in [-0.4, -0.2) is 23.7 Å². The molecule has 0 spiro atoms. The predicted octanol–water partition coefficient (Wildman–Crippen LogP) is 2.04. The molecule has 0 saturated heterocycles. The Morgan fingerprint density at radius 1 is 1.73 bits per heavy atom. The van der Waals surface area contributed by atoms with Crippen molar-refractivity contribution in [3.8, 4) is 0 Å². The number of aliphatic carboxylic acids is 1. The van der Waals surface area contributed by atoms with Gasteiger partial charge in [0, 0.05) is 0 Å². The molecule has 0 aromatic rings. The van der Waals surface area contributed by atoms with Gasteiger partial charge in [0.1, 0.15) is 6.04 Å². The smallest absolute Gasteiger partial charge is 0.320 e. The van der Waals surface area contributed by atoms with E-state index in [-0.39, 0.29) is 0 Å². The Balaban J connectivity index is 2.34. The first-order chi connectivity index (χ1) is 6.99. The van der Waals surface area contributed by atoms with Crippen molar-refractivity contribution in [3.63, 3.8) is 0 Å². The highest BCUT2D eigenvalue weighted by Crippen LogP contribution is 2.27. The van der Waals surface area contributed by atoms with Crippen molar-refractivity contribution in [1.29, 1.82) is 0 Å². The van der Waals surface area contributed by atoms with Gasteiger partial charge in [0.15, 0.2) is 0 Å². The summed E-state index contributed by atoms with van der Waals surface area (Å²) in [5.41, 5.74) is 1.43. The van der Waals surface area contributed by atoms with E-state index in [0.717, 1.165) is 19.4 Å². The standard InChI is InChI=1S/C12H21NO2/c1-8-4-9(2)6-11(5-8)7-13-10(3)12(14)15/h4,8,10-11,13H,5-7H2,1-3H3,(H,14,15). The molecule has 1 aliphatic carbocycles. The van der Waals surface area contributed by atoms with E-state index in [1.54, 1.807) is 6.92 Å². The van der Waals surface area contributed by atoms with Crippen molar-refractivity contribution < 1.29 is 9.90 Å². The van der Waals surface area contributed by atoms with Gasteiger partial charge in [-0.1, -0.05) is 18.6 Å². The summed E-state index contributed by atoms with van der Waals surface area (Å²) in [5.74, 6) is 0.448. The van der Waals surface area contributed by atoms with Gasteiger partial charge in [0.05, 0.1) is 0 Å². The van der Waals surface area contributed by atoms with Crippen LogP contribution in [0.25, 0.3) is 0 Å². The van der Waals surface area contributed by atoms with Crippen molar-refractivity contribution in [3.05, 3.63) is 11.6 Å². The maximum Gasteiger partial charge on any atom is 0.320 e. The van der Waals surface area contributed by atoms with Crippen molar-refractivity contribution in [2.45, 2.75) is 39.7 Å². The summed E-state index contributed by atoms with van der Waals surface area (Å²) in [5, 5.41) is 11.8. The molecule has 0 aromatic heterocycles. The molecule has 2 N–H and O–H groups in total. The van der Waals surface area contributed by atoms with E-state index in [1.807, 2.05) is 0 Å². The molecule has 3 unspecified atom stereocenters. The second kappa shape index (κ2) is 5.31. The van der Waals surface area contributed by atoms with Gasteiger partial charge in [0.2, 0.25) is 0 Å². The third kappa shape index (κ3) is 4.04. The molecule has 0 aromatic carbocycles. The summed E-state index contributed by atoms with van der Waals surface area (Å²) < 4.78 is 0. The number of nitrogens with one attached hydrogen (secondary N) is 1. The number of rotatable bonds is 4. The topological polar surface area (TPSA) is 49.3 Å². The molecule has 3 heteroatoms. The molecule has 0 aliphatic heterocycles. The van der Waals surface area contributed by atoms with Gasteiger partial charge in [-0.2, -0.15) is 0 Å². The molecule has 0 amide bonds. The molecule has 0 radical (unpaired) electrons. The molecular formula is C12H21NO2. The van der Waals surface area contributed by atoms with E-state index in [9.17, 15) is 4.79 Å². The summed E-state index contributed by atoms with van der Waals surface area (Å²) in [7, 11) is 0. The van der Waals surface area contributed by atoms with E-state index in [4.69, 9.17) is 5.11 Å². The van der Waals surface area contributed by atoms with E-state index in [1.165, 1.54) is 5.57 Å². The zero-order chi connectivity index (χ0) is 11.4. The van der Waals surface area contributed by atoms with Gasteiger partial charge in [-0.05, 0) is 45.1 Å².